The number of hydrogen-bond donors (Lipinski definition) is 2. The van der Waals surface area contributed by atoms with Gasteiger partial charge in [0.2, 0.25) is 0 Å². The Balaban J connectivity index is 4.07. The Bertz CT molecular complexity index is 136. The van der Waals surface area contributed by atoms with E-state index >= 15 is 0 Å². The van der Waals surface area contributed by atoms with Crippen molar-refractivity contribution in [1.82, 2.24) is 0 Å². The lowest BCUT2D eigenvalue weighted by molar-refractivity contribution is -0.0387. The number of ether oxygens (including phenoxy) is 2. The van der Waals surface area contributed by atoms with E-state index in [4.69, 9.17) is 20.9 Å². The predicted octanol–water partition coefficient (Wildman–Crippen LogP) is 0.494. The van der Waals surface area contributed by atoms with E-state index in [1.165, 1.54) is 0 Å². The van der Waals surface area contributed by atoms with Gasteiger partial charge in [-0.15, -0.1) is 0 Å². The lowest BCUT2D eigenvalue weighted by atomic mass is 9.92. The van der Waals surface area contributed by atoms with Crippen molar-refractivity contribution in [2.75, 3.05) is 26.9 Å². The highest BCUT2D eigenvalue weighted by Crippen LogP contribution is 2.20. The van der Waals surface area contributed by atoms with Crippen LogP contribution in [0.5, 0.6) is 0 Å². The summed E-state index contributed by atoms with van der Waals surface area (Å²) in [4.78, 5) is 0. The van der Waals surface area contributed by atoms with Crippen LogP contribution in [0.4, 0.5) is 0 Å². The second-order valence-corrected chi connectivity index (χ2v) is 3.72. The van der Waals surface area contributed by atoms with Gasteiger partial charge >= 0.3 is 0 Å². The maximum atomic E-state index is 5.76. The van der Waals surface area contributed by atoms with E-state index in [1.807, 2.05) is 13.8 Å². The van der Waals surface area contributed by atoms with Crippen LogP contribution in [0, 0.1) is 0 Å². The van der Waals surface area contributed by atoms with Gasteiger partial charge in [-0.1, -0.05) is 0 Å². The molecule has 0 amide bonds. The van der Waals surface area contributed by atoms with Crippen LogP contribution in [0.25, 0.3) is 0 Å². The van der Waals surface area contributed by atoms with Crippen LogP contribution in [0.1, 0.15) is 26.7 Å². The first-order valence-electron chi connectivity index (χ1n) is 5.18. The summed E-state index contributed by atoms with van der Waals surface area (Å²) in [6, 6.07) is 0.0973. The van der Waals surface area contributed by atoms with Crippen molar-refractivity contribution < 1.29 is 9.47 Å². The molecule has 86 valence electrons. The molecule has 4 N–H and O–H groups in total. The van der Waals surface area contributed by atoms with Gasteiger partial charge in [0, 0.05) is 39.3 Å². The minimum atomic E-state index is -0.316. The first kappa shape index (κ1) is 13.8. The van der Waals surface area contributed by atoms with E-state index in [-0.39, 0.29) is 11.6 Å². The summed E-state index contributed by atoms with van der Waals surface area (Å²) in [6.07, 6.45) is 1.57. The van der Waals surface area contributed by atoms with Crippen LogP contribution in [0.3, 0.4) is 0 Å². The van der Waals surface area contributed by atoms with Crippen molar-refractivity contribution in [3.8, 4) is 0 Å². The quantitative estimate of drug-likeness (QED) is 0.565. The highest BCUT2D eigenvalue weighted by atomic mass is 16.5. The largest absolute Gasteiger partial charge is 0.382 e. The van der Waals surface area contributed by atoms with Gasteiger partial charge in [-0.2, -0.15) is 0 Å². The molecule has 14 heavy (non-hydrogen) atoms. The van der Waals surface area contributed by atoms with Gasteiger partial charge in [-0.3, -0.25) is 0 Å². The maximum absolute atomic E-state index is 5.76. The number of nitrogens with two attached hydrogens (primary N) is 2. The third kappa shape index (κ3) is 4.91. The summed E-state index contributed by atoms with van der Waals surface area (Å²) in [5.41, 5.74) is 11.2. The summed E-state index contributed by atoms with van der Waals surface area (Å²) >= 11 is 0. The number of rotatable bonds is 8. The fourth-order valence-electron chi connectivity index (χ4n) is 1.55. The lowest BCUT2D eigenvalue weighted by Crippen LogP contribution is -2.45. The molecule has 0 aromatic carbocycles. The fourth-order valence-corrected chi connectivity index (χ4v) is 1.55. The lowest BCUT2D eigenvalue weighted by Gasteiger charge is -2.32. The van der Waals surface area contributed by atoms with Crippen molar-refractivity contribution in [3.05, 3.63) is 0 Å². The molecule has 0 aliphatic carbocycles. The SMILES string of the molecule is CCOCCC(CN)(CC(C)N)OC. The van der Waals surface area contributed by atoms with E-state index in [0.29, 0.717) is 13.2 Å². The monoisotopic (exact) mass is 204 g/mol. The minimum absolute atomic E-state index is 0.0973. The molecule has 0 saturated carbocycles. The molecule has 0 spiro atoms. The molecule has 0 fully saturated rings. The molecule has 0 heterocycles. The van der Waals surface area contributed by atoms with Crippen molar-refractivity contribution in [1.29, 1.82) is 0 Å². The van der Waals surface area contributed by atoms with Crippen LogP contribution >= 0.6 is 0 Å². The van der Waals surface area contributed by atoms with Gasteiger partial charge in [-0.05, 0) is 20.3 Å². The Morgan fingerprint density at radius 3 is 2.43 bits per heavy atom. The highest BCUT2D eigenvalue weighted by molar-refractivity contribution is 4.84. The normalized spacial score (nSPS) is 17.8. The minimum Gasteiger partial charge on any atom is -0.382 e. The van der Waals surface area contributed by atoms with E-state index < -0.39 is 0 Å². The zero-order valence-corrected chi connectivity index (χ0v) is 9.58. The van der Waals surface area contributed by atoms with Gasteiger partial charge in [0.15, 0.2) is 0 Å². The average Bonchev–Trinajstić information content (AvgIpc) is 2.16. The molecule has 0 radical (unpaired) electrons. The van der Waals surface area contributed by atoms with E-state index in [9.17, 15) is 0 Å². The molecule has 4 heteroatoms. The second kappa shape index (κ2) is 7.17. The Hall–Kier alpha value is -0.160. The van der Waals surface area contributed by atoms with Crippen molar-refractivity contribution >= 4 is 0 Å². The molecule has 0 aromatic rings. The molecule has 0 aromatic heterocycles. The molecule has 0 rings (SSSR count). The molecule has 0 aliphatic rings. The Labute approximate surface area is 86.9 Å². The molecular formula is C10H24N2O2. The number of methoxy groups -OCH3 is 1. The van der Waals surface area contributed by atoms with Gasteiger partial charge in [0.1, 0.15) is 0 Å². The van der Waals surface area contributed by atoms with E-state index in [2.05, 4.69) is 0 Å². The molecule has 0 saturated heterocycles. The van der Waals surface area contributed by atoms with Crippen LogP contribution in [-0.4, -0.2) is 38.5 Å². The molecule has 4 nitrogen and oxygen atoms in total. The molecule has 2 atom stereocenters. The van der Waals surface area contributed by atoms with E-state index in [1.54, 1.807) is 7.11 Å². The summed E-state index contributed by atoms with van der Waals surface area (Å²) < 4.78 is 10.8. The molecular weight excluding hydrogens is 180 g/mol. The van der Waals surface area contributed by atoms with Crippen molar-refractivity contribution in [2.45, 2.75) is 38.3 Å². The van der Waals surface area contributed by atoms with Crippen molar-refractivity contribution in [2.24, 2.45) is 11.5 Å². The smallest absolute Gasteiger partial charge is 0.0836 e. The first-order valence-corrected chi connectivity index (χ1v) is 5.18. The zero-order valence-electron chi connectivity index (χ0n) is 9.58. The van der Waals surface area contributed by atoms with Gasteiger partial charge in [0.05, 0.1) is 5.60 Å². The van der Waals surface area contributed by atoms with Crippen LogP contribution in [-0.2, 0) is 9.47 Å². The van der Waals surface area contributed by atoms with Gasteiger partial charge in [-0.25, -0.2) is 0 Å². The second-order valence-electron chi connectivity index (χ2n) is 3.72. The number of hydrogen-bond acceptors (Lipinski definition) is 4. The third-order valence-corrected chi connectivity index (χ3v) is 2.41. The highest BCUT2D eigenvalue weighted by Gasteiger charge is 2.29. The Morgan fingerprint density at radius 2 is 2.07 bits per heavy atom. The standard InChI is InChI=1S/C10H24N2O2/c1-4-14-6-5-10(8-11,13-3)7-9(2)12/h9H,4-8,11-12H2,1-3H3. The average molecular weight is 204 g/mol. The first-order chi connectivity index (χ1) is 6.60. The summed E-state index contributed by atoms with van der Waals surface area (Å²) in [5.74, 6) is 0. The maximum Gasteiger partial charge on any atom is 0.0836 e. The summed E-state index contributed by atoms with van der Waals surface area (Å²) in [6.45, 7) is 5.82. The van der Waals surface area contributed by atoms with Crippen molar-refractivity contribution in [3.63, 3.8) is 0 Å². The zero-order chi connectivity index (χ0) is 11.0. The fraction of sp³-hybridized carbons (Fsp3) is 1.00. The van der Waals surface area contributed by atoms with Gasteiger partial charge in [0.25, 0.3) is 0 Å². The summed E-state index contributed by atoms with van der Waals surface area (Å²) in [7, 11) is 1.68. The van der Waals surface area contributed by atoms with Crippen LogP contribution in [0.15, 0.2) is 0 Å². The third-order valence-electron chi connectivity index (χ3n) is 2.41. The molecule has 0 aliphatic heterocycles. The Morgan fingerprint density at radius 1 is 1.43 bits per heavy atom. The van der Waals surface area contributed by atoms with Gasteiger partial charge < -0.3 is 20.9 Å². The van der Waals surface area contributed by atoms with E-state index in [0.717, 1.165) is 19.4 Å². The Kier molecular flexibility index (Phi) is 7.09. The van der Waals surface area contributed by atoms with Crippen LogP contribution < -0.4 is 11.5 Å². The molecule has 2 unspecified atom stereocenters. The van der Waals surface area contributed by atoms with Crippen LogP contribution in [0.2, 0.25) is 0 Å². The summed E-state index contributed by atoms with van der Waals surface area (Å²) in [5, 5.41) is 0. The predicted molar refractivity (Wildman–Crippen MR) is 58.2 cm³/mol. The topological polar surface area (TPSA) is 70.5 Å². The molecule has 0 bridgehead atoms.